The van der Waals surface area contributed by atoms with Gasteiger partial charge in [-0.25, -0.2) is 0 Å². The molecule has 1 aliphatic carbocycles. The Morgan fingerprint density at radius 2 is 2.11 bits per heavy atom. The predicted molar refractivity (Wildman–Crippen MR) is 40.9 cm³/mol. The molecule has 1 saturated heterocycles. The largest absolute Gasteiger partial charge is 0.318 e. The number of hydrogen-bond donors (Lipinski definition) is 0. The van der Waals surface area contributed by atoms with Gasteiger partial charge >= 0.3 is 0 Å². The first-order valence-corrected chi connectivity index (χ1v) is 4.17. The average molecular weight is 123 g/mol. The second kappa shape index (κ2) is 2.33. The second-order valence-electron chi connectivity index (χ2n) is 3.45. The van der Waals surface area contributed by atoms with E-state index in [1.54, 1.807) is 0 Å². The first-order chi connectivity index (χ1) is 4.45. The lowest BCUT2D eigenvalue weighted by atomic mass is 9.68. The Kier molecular flexibility index (Phi) is 1.50. The van der Waals surface area contributed by atoms with Gasteiger partial charge in [0.25, 0.3) is 0 Å². The predicted octanol–water partition coefficient (Wildman–Crippen LogP) is 0.454. The molecular formula is C7H14BN. The van der Waals surface area contributed by atoms with Gasteiger partial charge < -0.3 is 4.90 Å². The Balaban J connectivity index is 1.64. The third-order valence-corrected chi connectivity index (χ3v) is 2.69. The summed E-state index contributed by atoms with van der Waals surface area (Å²) >= 11 is 0. The van der Waals surface area contributed by atoms with Crippen LogP contribution >= 0.6 is 0 Å². The van der Waals surface area contributed by atoms with Crippen LogP contribution in [0.25, 0.3) is 0 Å². The summed E-state index contributed by atoms with van der Waals surface area (Å²) in [7, 11) is 1.45. The minimum atomic E-state index is 1.09. The molecule has 2 rings (SSSR count). The number of rotatable bonds is 2. The normalized spacial score (nSPS) is 28.4. The monoisotopic (exact) mass is 123 g/mol. The van der Waals surface area contributed by atoms with Crippen molar-refractivity contribution in [3.8, 4) is 0 Å². The highest BCUT2D eigenvalue weighted by Crippen LogP contribution is 2.27. The van der Waals surface area contributed by atoms with E-state index in [1.807, 2.05) is 0 Å². The van der Waals surface area contributed by atoms with Crippen molar-refractivity contribution in [3.63, 3.8) is 0 Å². The van der Waals surface area contributed by atoms with Crippen molar-refractivity contribution in [1.29, 1.82) is 0 Å². The van der Waals surface area contributed by atoms with Gasteiger partial charge in [-0.05, 0) is 38.2 Å². The number of hydrogen-bond acceptors (Lipinski definition) is 1. The van der Waals surface area contributed by atoms with E-state index in [1.165, 1.54) is 46.0 Å². The topological polar surface area (TPSA) is 3.24 Å². The highest BCUT2D eigenvalue weighted by Gasteiger charge is 2.23. The number of nitrogens with zero attached hydrogens (tertiary/aromatic N) is 1. The molecule has 0 spiro atoms. The van der Waals surface area contributed by atoms with Gasteiger partial charge in [0.1, 0.15) is 0 Å². The van der Waals surface area contributed by atoms with Gasteiger partial charge in [0.2, 0.25) is 0 Å². The molecule has 1 aliphatic heterocycles. The van der Waals surface area contributed by atoms with Crippen molar-refractivity contribution < 1.29 is 0 Å². The molecule has 1 heterocycles. The zero-order chi connectivity index (χ0) is 6.10. The molecule has 0 atom stereocenters. The third-order valence-electron chi connectivity index (χ3n) is 2.69. The van der Waals surface area contributed by atoms with Crippen LogP contribution in [0.3, 0.4) is 0 Å². The molecule has 1 saturated carbocycles. The van der Waals surface area contributed by atoms with E-state index >= 15 is 0 Å². The summed E-state index contributed by atoms with van der Waals surface area (Å²) in [5.41, 5.74) is 0. The summed E-state index contributed by atoms with van der Waals surface area (Å²) in [5, 5.41) is 0. The lowest BCUT2D eigenvalue weighted by molar-refractivity contribution is 0.199. The molecular weight excluding hydrogens is 109 g/mol. The minimum Gasteiger partial charge on any atom is -0.318 e. The minimum absolute atomic E-state index is 1.09. The van der Waals surface area contributed by atoms with Crippen molar-refractivity contribution in [2.75, 3.05) is 19.4 Å². The molecule has 9 heavy (non-hydrogen) atoms. The highest BCUT2D eigenvalue weighted by molar-refractivity contribution is 6.39. The van der Waals surface area contributed by atoms with Gasteiger partial charge in [-0.3, -0.25) is 0 Å². The average Bonchev–Trinajstić information content (AvgIpc) is 1.57. The zero-order valence-corrected chi connectivity index (χ0v) is 5.97. The van der Waals surface area contributed by atoms with Gasteiger partial charge in [-0.1, -0.05) is 6.42 Å². The smallest absolute Gasteiger partial charge is 0.155 e. The maximum absolute atomic E-state index is 2.59. The van der Waals surface area contributed by atoms with E-state index in [2.05, 4.69) is 4.90 Å². The van der Waals surface area contributed by atoms with Crippen molar-refractivity contribution in [1.82, 2.24) is 4.90 Å². The summed E-state index contributed by atoms with van der Waals surface area (Å²) in [5.74, 6) is 1.09. The van der Waals surface area contributed by atoms with Crippen LogP contribution in [0, 0.1) is 5.92 Å². The second-order valence-corrected chi connectivity index (χ2v) is 3.45. The fourth-order valence-corrected chi connectivity index (χ4v) is 1.60. The van der Waals surface area contributed by atoms with E-state index in [-0.39, 0.29) is 0 Å². The van der Waals surface area contributed by atoms with Crippen molar-refractivity contribution in [2.45, 2.75) is 19.3 Å². The molecule has 0 aromatic rings. The van der Waals surface area contributed by atoms with Crippen molar-refractivity contribution >= 4 is 7.28 Å². The molecule has 0 bridgehead atoms. The molecule has 1 nitrogen and oxygen atoms in total. The molecule has 0 aromatic carbocycles. The van der Waals surface area contributed by atoms with Crippen LogP contribution in [0.1, 0.15) is 19.3 Å². The van der Waals surface area contributed by atoms with Crippen LogP contribution in [0.5, 0.6) is 0 Å². The lowest BCUT2D eigenvalue weighted by Crippen LogP contribution is -2.48. The summed E-state index contributed by atoms with van der Waals surface area (Å²) in [6.07, 6.45) is 7.29. The van der Waals surface area contributed by atoms with Gasteiger partial charge in [-0.2, -0.15) is 0 Å². The molecule has 0 N–H and O–H groups in total. The Bertz CT molecular complexity index is 85.1. The molecule has 0 amide bonds. The molecule has 2 aliphatic rings. The van der Waals surface area contributed by atoms with Gasteiger partial charge in [0.05, 0.1) is 0 Å². The molecule has 2 fully saturated rings. The van der Waals surface area contributed by atoms with E-state index < -0.39 is 0 Å². The summed E-state index contributed by atoms with van der Waals surface area (Å²) in [6, 6.07) is 0. The standard InChI is InChI=1S/C7H14BN/c1-2-7(3-1)4-9-5-8-6-9/h7-8H,1-6H2. The molecule has 50 valence electrons. The van der Waals surface area contributed by atoms with Crippen LogP contribution in [0.15, 0.2) is 0 Å². The van der Waals surface area contributed by atoms with Gasteiger partial charge in [0, 0.05) is 0 Å². The SMILES string of the molecule is B1CN(CC2CCC2)C1. The van der Waals surface area contributed by atoms with Crippen molar-refractivity contribution in [3.05, 3.63) is 0 Å². The summed E-state index contributed by atoms with van der Waals surface area (Å²) < 4.78 is 0. The van der Waals surface area contributed by atoms with Crippen molar-refractivity contribution in [2.24, 2.45) is 5.92 Å². The van der Waals surface area contributed by atoms with Crippen LogP contribution in [0.2, 0.25) is 0 Å². The van der Waals surface area contributed by atoms with E-state index in [9.17, 15) is 0 Å². The van der Waals surface area contributed by atoms with E-state index in [4.69, 9.17) is 0 Å². The Hall–Kier alpha value is 0.0249. The molecule has 0 radical (unpaired) electrons. The maximum Gasteiger partial charge on any atom is 0.155 e. The quantitative estimate of drug-likeness (QED) is 0.482. The Morgan fingerprint density at radius 3 is 2.44 bits per heavy atom. The first-order valence-electron chi connectivity index (χ1n) is 4.17. The highest BCUT2D eigenvalue weighted by atomic mass is 15.1. The molecule has 0 aromatic heterocycles. The fourth-order valence-electron chi connectivity index (χ4n) is 1.60. The van der Waals surface area contributed by atoms with Crippen LogP contribution < -0.4 is 0 Å². The maximum atomic E-state index is 2.59. The first kappa shape index (κ1) is 5.78. The molecule has 2 heteroatoms. The zero-order valence-electron chi connectivity index (χ0n) is 5.97. The third kappa shape index (κ3) is 1.13. The Labute approximate surface area is 57.7 Å². The van der Waals surface area contributed by atoms with E-state index in [0.29, 0.717) is 0 Å². The fraction of sp³-hybridized carbons (Fsp3) is 1.00. The molecule has 0 unspecified atom stereocenters. The van der Waals surface area contributed by atoms with E-state index in [0.717, 1.165) is 5.92 Å². The lowest BCUT2D eigenvalue weighted by Gasteiger charge is -2.37. The van der Waals surface area contributed by atoms with Gasteiger partial charge in [-0.15, -0.1) is 0 Å². The van der Waals surface area contributed by atoms with Crippen LogP contribution in [0.4, 0.5) is 0 Å². The van der Waals surface area contributed by atoms with Crippen LogP contribution in [-0.2, 0) is 0 Å². The summed E-state index contributed by atoms with van der Waals surface area (Å²) in [6.45, 7) is 1.42. The van der Waals surface area contributed by atoms with Crippen LogP contribution in [-0.4, -0.2) is 31.6 Å². The van der Waals surface area contributed by atoms with Gasteiger partial charge in [0.15, 0.2) is 7.28 Å². The summed E-state index contributed by atoms with van der Waals surface area (Å²) in [4.78, 5) is 2.59. The Morgan fingerprint density at radius 1 is 1.33 bits per heavy atom.